The van der Waals surface area contributed by atoms with Gasteiger partial charge in [-0.25, -0.2) is 9.59 Å². The molecule has 0 radical (unpaired) electrons. The molecule has 2 atom stereocenters. The van der Waals surface area contributed by atoms with E-state index in [4.69, 9.17) is 33.9 Å². The first-order valence-corrected chi connectivity index (χ1v) is 8.70. The summed E-state index contributed by atoms with van der Waals surface area (Å²) in [6, 6.07) is -1.16. The molecule has 0 heterocycles. The zero-order valence-electron chi connectivity index (χ0n) is 15.2. The number of rotatable bonds is 8. The number of hydrogen-bond donors (Lipinski definition) is 2. The number of hydrogen-bond acceptors (Lipinski definition) is 6. The van der Waals surface area contributed by atoms with Crippen LogP contribution in [0.25, 0.3) is 0 Å². The molecule has 2 N–H and O–H groups in total. The van der Waals surface area contributed by atoms with Gasteiger partial charge in [0.1, 0.15) is 22.1 Å². The lowest BCUT2D eigenvalue weighted by molar-refractivity contribution is -0.144. The lowest BCUT2D eigenvalue weighted by atomic mass is 10.0. The van der Waals surface area contributed by atoms with Crippen LogP contribution in [0, 0.1) is 11.8 Å². The van der Waals surface area contributed by atoms with Crippen molar-refractivity contribution in [3.05, 3.63) is 0 Å². The number of carbonyl (C=O) groups is 2. The molecule has 0 aromatic carbocycles. The number of ether oxygens (including phenoxy) is 2. The minimum Gasteiger partial charge on any atom is -0.467 e. The highest BCUT2D eigenvalue weighted by Gasteiger charge is 2.25. The first kappa shape index (κ1) is 22.7. The van der Waals surface area contributed by atoms with E-state index < -0.39 is 24.0 Å². The van der Waals surface area contributed by atoms with E-state index in [-0.39, 0.29) is 21.8 Å². The fraction of sp³-hybridized carbons (Fsp3) is 0.750. The zero-order valence-corrected chi connectivity index (χ0v) is 16.8. The SMILES string of the molecule is COC(=O)[C@H](CC(C)C)NC(=S)C(=S)N[C@@H](CC(C)C)C(=O)OC. The Labute approximate surface area is 155 Å². The van der Waals surface area contributed by atoms with Gasteiger partial charge in [0.15, 0.2) is 0 Å². The molecule has 0 aromatic rings. The van der Waals surface area contributed by atoms with E-state index in [1.165, 1.54) is 14.2 Å². The summed E-state index contributed by atoms with van der Waals surface area (Å²) in [7, 11) is 2.65. The fourth-order valence-corrected chi connectivity index (χ4v) is 2.51. The van der Waals surface area contributed by atoms with E-state index in [9.17, 15) is 9.59 Å². The van der Waals surface area contributed by atoms with Crippen LogP contribution in [0.15, 0.2) is 0 Å². The first-order chi connectivity index (χ1) is 11.1. The Balaban J connectivity index is 4.90. The number of methoxy groups -OCH3 is 2. The van der Waals surface area contributed by atoms with Crippen LogP contribution >= 0.6 is 24.4 Å². The maximum absolute atomic E-state index is 11.8. The van der Waals surface area contributed by atoms with E-state index in [0.29, 0.717) is 12.8 Å². The van der Waals surface area contributed by atoms with Crippen molar-refractivity contribution in [3.63, 3.8) is 0 Å². The molecule has 0 rings (SSSR count). The van der Waals surface area contributed by atoms with E-state index in [2.05, 4.69) is 10.6 Å². The van der Waals surface area contributed by atoms with Gasteiger partial charge >= 0.3 is 11.9 Å². The molecular weight excluding hydrogens is 348 g/mol. The number of carbonyl (C=O) groups excluding carboxylic acids is 2. The van der Waals surface area contributed by atoms with Crippen molar-refractivity contribution in [2.24, 2.45) is 11.8 Å². The van der Waals surface area contributed by atoms with Gasteiger partial charge in [0.05, 0.1) is 14.2 Å². The molecule has 0 saturated carbocycles. The summed E-state index contributed by atoms with van der Waals surface area (Å²) in [6.07, 6.45) is 1.11. The third kappa shape index (κ3) is 8.54. The predicted molar refractivity (Wildman–Crippen MR) is 102 cm³/mol. The van der Waals surface area contributed by atoms with Gasteiger partial charge in [-0.05, 0) is 24.7 Å². The maximum Gasteiger partial charge on any atom is 0.328 e. The van der Waals surface area contributed by atoms with E-state index in [1.807, 2.05) is 27.7 Å². The first-order valence-electron chi connectivity index (χ1n) is 7.89. The number of nitrogens with one attached hydrogen (secondary N) is 2. The Morgan fingerprint density at radius 2 is 1.08 bits per heavy atom. The molecule has 0 bridgehead atoms. The van der Waals surface area contributed by atoms with Gasteiger partial charge in [0.2, 0.25) is 0 Å². The molecule has 0 unspecified atom stereocenters. The van der Waals surface area contributed by atoms with Gasteiger partial charge in [0.25, 0.3) is 0 Å². The smallest absolute Gasteiger partial charge is 0.328 e. The lowest BCUT2D eigenvalue weighted by Crippen LogP contribution is -2.51. The van der Waals surface area contributed by atoms with Crippen molar-refractivity contribution < 1.29 is 19.1 Å². The maximum atomic E-state index is 11.8. The molecule has 0 aromatic heterocycles. The van der Waals surface area contributed by atoms with Gasteiger partial charge in [-0.3, -0.25) is 0 Å². The standard InChI is InChI=1S/C16H28N2O4S2/c1-9(2)7-11(15(19)21-5)17-13(23)14(24)18-12(8-10(3)4)16(20)22-6/h9-12H,7-8H2,1-6H3,(H,17,23)(H,18,24)/t11-,12-/m0/s1. The monoisotopic (exact) mass is 376 g/mol. The van der Waals surface area contributed by atoms with Crippen LogP contribution in [0.2, 0.25) is 0 Å². The third-order valence-electron chi connectivity index (χ3n) is 3.20. The van der Waals surface area contributed by atoms with Crippen molar-refractivity contribution in [1.29, 1.82) is 0 Å². The molecule has 24 heavy (non-hydrogen) atoms. The van der Waals surface area contributed by atoms with E-state index in [1.54, 1.807) is 0 Å². The second-order valence-electron chi connectivity index (χ2n) is 6.36. The molecule has 0 spiro atoms. The topological polar surface area (TPSA) is 76.7 Å². The molecule has 0 aliphatic rings. The van der Waals surface area contributed by atoms with Gasteiger partial charge in [-0.15, -0.1) is 0 Å². The summed E-state index contributed by atoms with van der Waals surface area (Å²) in [5, 5.41) is 5.83. The van der Waals surface area contributed by atoms with Gasteiger partial charge in [-0.2, -0.15) is 0 Å². The van der Waals surface area contributed by atoms with Crippen molar-refractivity contribution in [2.75, 3.05) is 14.2 Å². The highest BCUT2D eigenvalue weighted by molar-refractivity contribution is 7.89. The number of esters is 2. The van der Waals surface area contributed by atoms with Crippen molar-refractivity contribution >= 4 is 46.4 Å². The molecule has 0 saturated heterocycles. The van der Waals surface area contributed by atoms with E-state index >= 15 is 0 Å². The Hall–Kier alpha value is -1.28. The van der Waals surface area contributed by atoms with Gasteiger partial charge in [0, 0.05) is 0 Å². The number of thiocarbonyl (C=S) groups is 2. The van der Waals surface area contributed by atoms with Crippen molar-refractivity contribution in [2.45, 2.75) is 52.6 Å². The third-order valence-corrected chi connectivity index (χ3v) is 3.98. The molecule has 138 valence electrons. The van der Waals surface area contributed by atoms with Crippen molar-refractivity contribution in [3.8, 4) is 0 Å². The van der Waals surface area contributed by atoms with E-state index in [0.717, 1.165) is 0 Å². The molecule has 0 fully saturated rings. The average Bonchev–Trinajstić information content (AvgIpc) is 2.50. The van der Waals surface area contributed by atoms with Crippen LogP contribution in [0.3, 0.4) is 0 Å². The largest absolute Gasteiger partial charge is 0.467 e. The van der Waals surface area contributed by atoms with Gasteiger partial charge < -0.3 is 20.1 Å². The Bertz CT molecular complexity index is 425. The summed E-state index contributed by atoms with van der Waals surface area (Å²) in [5.74, 6) is -0.259. The second kappa shape index (κ2) is 11.3. The average molecular weight is 377 g/mol. The normalized spacial score (nSPS) is 13.2. The molecule has 6 nitrogen and oxygen atoms in total. The van der Waals surface area contributed by atoms with Crippen molar-refractivity contribution in [1.82, 2.24) is 10.6 Å². The van der Waals surface area contributed by atoms with Crippen LogP contribution in [0.1, 0.15) is 40.5 Å². The Morgan fingerprint density at radius 1 is 0.792 bits per heavy atom. The Kier molecular flexibility index (Phi) is 10.7. The predicted octanol–water partition coefficient (Wildman–Crippen LogP) is 2.00. The lowest BCUT2D eigenvalue weighted by Gasteiger charge is -2.23. The molecule has 0 amide bonds. The fourth-order valence-electron chi connectivity index (χ4n) is 2.10. The molecule has 0 aliphatic carbocycles. The summed E-state index contributed by atoms with van der Waals surface area (Å²) in [5.41, 5.74) is 0. The highest BCUT2D eigenvalue weighted by Crippen LogP contribution is 2.08. The summed E-state index contributed by atoms with van der Waals surface area (Å²) >= 11 is 10.5. The Morgan fingerprint density at radius 3 is 1.29 bits per heavy atom. The highest BCUT2D eigenvalue weighted by atomic mass is 32.1. The van der Waals surface area contributed by atoms with Crippen LogP contribution in [-0.4, -0.2) is 48.2 Å². The second-order valence-corrected chi connectivity index (χ2v) is 7.17. The van der Waals surface area contributed by atoms with Crippen LogP contribution in [-0.2, 0) is 19.1 Å². The van der Waals surface area contributed by atoms with Crippen LogP contribution < -0.4 is 10.6 Å². The van der Waals surface area contributed by atoms with Gasteiger partial charge in [-0.1, -0.05) is 52.1 Å². The minimum atomic E-state index is -0.580. The summed E-state index contributed by atoms with van der Waals surface area (Å²) < 4.78 is 9.57. The summed E-state index contributed by atoms with van der Waals surface area (Å²) in [6.45, 7) is 7.97. The zero-order chi connectivity index (χ0) is 18.9. The molecule has 8 heteroatoms. The van der Waals surface area contributed by atoms with Crippen LogP contribution in [0.4, 0.5) is 0 Å². The molecule has 0 aliphatic heterocycles. The molecular formula is C16H28N2O4S2. The summed E-state index contributed by atoms with van der Waals surface area (Å²) in [4.78, 5) is 24.1. The quantitative estimate of drug-likeness (QED) is 0.492. The van der Waals surface area contributed by atoms with Crippen LogP contribution in [0.5, 0.6) is 0 Å². The minimum absolute atomic E-state index is 0.207.